The Labute approximate surface area is 175 Å². The molecule has 0 aliphatic carbocycles. The monoisotopic (exact) mass is 408 g/mol. The van der Waals surface area contributed by atoms with Gasteiger partial charge in [0.05, 0.1) is 0 Å². The zero-order chi connectivity index (χ0) is 21.4. The number of furan rings is 1. The molecule has 3 aromatic rings. The second kappa shape index (κ2) is 7.97. The smallest absolute Gasteiger partial charge is 0.264 e. The number of carbonyl (C=O) groups excluding carboxylic acids is 1. The van der Waals surface area contributed by atoms with Crippen molar-refractivity contribution in [2.45, 2.75) is 40.7 Å². The fraction of sp³-hybridized carbons (Fsp3) is 0.435. The minimum atomic E-state index is -0.151. The SMILES string of the molecule is Cc1cccc(N2CCN(C(=O)CCn3cnc4oc(C)c(C)c4c3=O)CC2)c1C. The topological polar surface area (TPSA) is 71.6 Å². The quantitative estimate of drug-likeness (QED) is 0.664. The molecule has 0 atom stereocenters. The average Bonchev–Trinajstić information content (AvgIpc) is 3.04. The van der Waals surface area contributed by atoms with E-state index in [2.05, 4.69) is 41.9 Å². The maximum Gasteiger partial charge on any atom is 0.264 e. The lowest BCUT2D eigenvalue weighted by Crippen LogP contribution is -2.49. The minimum absolute atomic E-state index is 0.0720. The highest BCUT2D eigenvalue weighted by atomic mass is 16.3. The van der Waals surface area contributed by atoms with Gasteiger partial charge in [-0.15, -0.1) is 0 Å². The molecule has 4 rings (SSSR count). The summed E-state index contributed by atoms with van der Waals surface area (Å²) in [7, 11) is 0. The number of carbonyl (C=O) groups is 1. The molecule has 1 saturated heterocycles. The molecule has 158 valence electrons. The van der Waals surface area contributed by atoms with Crippen molar-refractivity contribution >= 4 is 22.7 Å². The summed E-state index contributed by atoms with van der Waals surface area (Å²) in [4.78, 5) is 34.0. The highest BCUT2D eigenvalue weighted by Gasteiger charge is 2.22. The fourth-order valence-electron chi connectivity index (χ4n) is 4.08. The summed E-state index contributed by atoms with van der Waals surface area (Å²) in [5.74, 6) is 0.771. The highest BCUT2D eigenvalue weighted by molar-refractivity contribution is 5.78. The van der Waals surface area contributed by atoms with Crippen LogP contribution in [-0.2, 0) is 11.3 Å². The summed E-state index contributed by atoms with van der Waals surface area (Å²) in [5.41, 5.74) is 4.85. The van der Waals surface area contributed by atoms with Crippen molar-refractivity contribution in [3.8, 4) is 0 Å². The van der Waals surface area contributed by atoms with Gasteiger partial charge in [0.1, 0.15) is 17.5 Å². The van der Waals surface area contributed by atoms with E-state index in [4.69, 9.17) is 4.42 Å². The molecule has 0 spiro atoms. The van der Waals surface area contributed by atoms with Gasteiger partial charge in [-0.1, -0.05) is 12.1 Å². The van der Waals surface area contributed by atoms with Gasteiger partial charge in [-0.25, -0.2) is 4.98 Å². The lowest BCUT2D eigenvalue weighted by atomic mass is 10.1. The molecule has 1 fully saturated rings. The van der Waals surface area contributed by atoms with Crippen molar-refractivity contribution in [2.75, 3.05) is 31.1 Å². The van der Waals surface area contributed by atoms with E-state index in [9.17, 15) is 9.59 Å². The van der Waals surface area contributed by atoms with Gasteiger partial charge in [-0.05, 0) is 44.9 Å². The molecule has 0 saturated carbocycles. The Morgan fingerprint density at radius 3 is 2.53 bits per heavy atom. The molecule has 0 bridgehead atoms. The molecule has 3 heterocycles. The Kier molecular flexibility index (Phi) is 5.37. The molecular formula is C23H28N4O3. The molecular weight excluding hydrogens is 380 g/mol. The summed E-state index contributed by atoms with van der Waals surface area (Å²) in [5, 5.41) is 0.504. The molecule has 30 heavy (non-hydrogen) atoms. The zero-order valence-corrected chi connectivity index (χ0v) is 18.1. The van der Waals surface area contributed by atoms with E-state index in [1.165, 1.54) is 27.7 Å². The number of aromatic nitrogens is 2. The van der Waals surface area contributed by atoms with Crippen LogP contribution in [0, 0.1) is 27.7 Å². The van der Waals surface area contributed by atoms with Crippen LogP contribution in [-0.4, -0.2) is 46.5 Å². The van der Waals surface area contributed by atoms with E-state index < -0.39 is 0 Å². The highest BCUT2D eigenvalue weighted by Crippen LogP contribution is 2.24. The molecule has 1 aromatic carbocycles. The van der Waals surface area contributed by atoms with Gasteiger partial charge in [0, 0.05) is 50.4 Å². The van der Waals surface area contributed by atoms with Gasteiger partial charge < -0.3 is 14.2 Å². The van der Waals surface area contributed by atoms with Gasteiger partial charge in [-0.2, -0.15) is 0 Å². The van der Waals surface area contributed by atoms with Crippen LogP contribution < -0.4 is 10.5 Å². The summed E-state index contributed by atoms with van der Waals surface area (Å²) >= 11 is 0. The van der Waals surface area contributed by atoms with Crippen LogP contribution in [0.4, 0.5) is 5.69 Å². The van der Waals surface area contributed by atoms with Crippen LogP contribution in [0.5, 0.6) is 0 Å². The first-order valence-electron chi connectivity index (χ1n) is 10.4. The average molecular weight is 409 g/mol. The first-order valence-corrected chi connectivity index (χ1v) is 10.4. The Morgan fingerprint density at radius 1 is 1.07 bits per heavy atom. The Bertz CT molecular complexity index is 1150. The third-order valence-electron chi connectivity index (χ3n) is 6.27. The van der Waals surface area contributed by atoms with Crippen molar-refractivity contribution in [3.63, 3.8) is 0 Å². The van der Waals surface area contributed by atoms with Crippen molar-refractivity contribution < 1.29 is 9.21 Å². The van der Waals surface area contributed by atoms with Gasteiger partial charge in [0.25, 0.3) is 5.56 Å². The number of fused-ring (bicyclic) bond motifs is 1. The summed E-state index contributed by atoms with van der Waals surface area (Å²) in [6, 6.07) is 6.36. The lowest BCUT2D eigenvalue weighted by Gasteiger charge is -2.37. The molecule has 7 heteroatoms. The number of benzene rings is 1. The van der Waals surface area contributed by atoms with E-state index in [1.54, 1.807) is 0 Å². The van der Waals surface area contributed by atoms with Crippen LogP contribution in [0.15, 0.2) is 33.7 Å². The third kappa shape index (κ3) is 3.60. The third-order valence-corrected chi connectivity index (χ3v) is 6.27. The lowest BCUT2D eigenvalue weighted by molar-refractivity contribution is -0.131. The van der Waals surface area contributed by atoms with Gasteiger partial charge in [0.2, 0.25) is 11.6 Å². The van der Waals surface area contributed by atoms with Gasteiger partial charge in [-0.3, -0.25) is 14.2 Å². The molecule has 7 nitrogen and oxygen atoms in total. The molecule has 0 radical (unpaired) electrons. The maximum atomic E-state index is 12.7. The number of rotatable bonds is 4. The van der Waals surface area contributed by atoms with Crippen LogP contribution >= 0.6 is 0 Å². The van der Waals surface area contributed by atoms with Gasteiger partial charge in [0.15, 0.2) is 0 Å². The molecule has 1 aliphatic heterocycles. The Hall–Kier alpha value is -3.09. The van der Waals surface area contributed by atoms with Crippen LogP contribution in [0.3, 0.4) is 0 Å². The normalized spacial score (nSPS) is 14.5. The fourth-order valence-corrected chi connectivity index (χ4v) is 4.08. The molecule has 1 amide bonds. The van der Waals surface area contributed by atoms with Crippen LogP contribution in [0.25, 0.3) is 11.1 Å². The van der Waals surface area contributed by atoms with E-state index in [0.29, 0.717) is 36.5 Å². The van der Waals surface area contributed by atoms with E-state index >= 15 is 0 Å². The molecule has 0 unspecified atom stereocenters. The van der Waals surface area contributed by atoms with E-state index in [1.807, 2.05) is 18.7 Å². The number of amides is 1. The summed E-state index contributed by atoms with van der Waals surface area (Å²) in [6.45, 7) is 11.3. The van der Waals surface area contributed by atoms with Crippen LogP contribution in [0.2, 0.25) is 0 Å². The molecule has 2 aromatic heterocycles. The second-order valence-electron chi connectivity index (χ2n) is 8.04. The van der Waals surface area contributed by atoms with Crippen molar-refractivity contribution in [1.29, 1.82) is 0 Å². The molecule has 0 N–H and O–H groups in total. The second-order valence-corrected chi connectivity index (χ2v) is 8.04. The minimum Gasteiger partial charge on any atom is -0.443 e. The predicted molar refractivity (Wildman–Crippen MR) is 117 cm³/mol. The molecule has 1 aliphatic rings. The summed E-state index contributed by atoms with van der Waals surface area (Å²) < 4.78 is 7.02. The van der Waals surface area contributed by atoms with Crippen molar-refractivity contribution in [3.05, 3.63) is 57.3 Å². The Balaban J connectivity index is 1.38. The van der Waals surface area contributed by atoms with Crippen molar-refractivity contribution in [1.82, 2.24) is 14.5 Å². The van der Waals surface area contributed by atoms with E-state index in [0.717, 1.165) is 18.7 Å². The largest absolute Gasteiger partial charge is 0.443 e. The van der Waals surface area contributed by atoms with Gasteiger partial charge >= 0.3 is 0 Å². The number of nitrogens with zero attached hydrogens (tertiary/aromatic N) is 4. The number of piperazine rings is 1. The number of hydrogen-bond acceptors (Lipinski definition) is 5. The number of hydrogen-bond donors (Lipinski definition) is 0. The number of anilines is 1. The van der Waals surface area contributed by atoms with Crippen LogP contribution in [0.1, 0.15) is 28.9 Å². The zero-order valence-electron chi connectivity index (χ0n) is 18.1. The maximum absolute atomic E-state index is 12.7. The summed E-state index contributed by atoms with van der Waals surface area (Å²) in [6.07, 6.45) is 1.76. The first kappa shape index (κ1) is 20.2. The standard InChI is InChI=1S/C23H28N4O3/c1-15-6-5-7-19(16(15)2)25-10-12-26(13-11-25)20(28)8-9-27-14-24-22-21(23(27)29)17(3)18(4)30-22/h5-7,14H,8-13H2,1-4H3. The predicted octanol–water partition coefficient (Wildman–Crippen LogP) is 2.96. The number of aryl methyl sites for hydroxylation is 4. The Morgan fingerprint density at radius 2 is 1.80 bits per heavy atom. The van der Waals surface area contributed by atoms with E-state index in [-0.39, 0.29) is 17.9 Å². The van der Waals surface area contributed by atoms with Crippen molar-refractivity contribution in [2.24, 2.45) is 0 Å². The first-order chi connectivity index (χ1) is 14.4.